The first-order chi connectivity index (χ1) is 10.0. The molecule has 0 fully saturated rings. The second kappa shape index (κ2) is 9.18. The molecule has 0 aromatic heterocycles. The summed E-state index contributed by atoms with van der Waals surface area (Å²) >= 11 is 0. The van der Waals surface area contributed by atoms with Crippen LogP contribution in [0, 0.1) is 0 Å². The Kier molecular flexibility index (Phi) is 8.74. The van der Waals surface area contributed by atoms with Crippen LogP contribution in [-0.4, -0.2) is 36.7 Å². The van der Waals surface area contributed by atoms with Gasteiger partial charge in [-0.25, -0.2) is 17.5 Å². The van der Waals surface area contributed by atoms with E-state index in [1.54, 1.807) is 20.8 Å². The van der Waals surface area contributed by atoms with E-state index in [0.717, 1.165) is 29.8 Å². The standard InChI is InChI=1S/C16H31NO4S/c1-7-9-10-11-12-13-14(8-2)17(22(6,19)20)15(18)21-16(3,4)5/h11-12,14H,7-10,13H2,1-6H3/b12-11+. The molecule has 0 aliphatic carbocycles. The van der Waals surface area contributed by atoms with Crippen molar-refractivity contribution in [2.45, 2.75) is 78.4 Å². The maximum absolute atomic E-state index is 12.2. The van der Waals surface area contributed by atoms with Crippen LogP contribution in [0.1, 0.15) is 66.7 Å². The smallest absolute Gasteiger partial charge is 0.424 e. The Hall–Kier alpha value is -1.04. The maximum atomic E-state index is 12.2. The molecule has 6 heteroatoms. The molecule has 1 unspecified atom stereocenters. The first kappa shape index (κ1) is 21.0. The van der Waals surface area contributed by atoms with Gasteiger partial charge in [-0.05, 0) is 40.0 Å². The van der Waals surface area contributed by atoms with E-state index in [4.69, 9.17) is 4.74 Å². The fraction of sp³-hybridized carbons (Fsp3) is 0.812. The van der Waals surface area contributed by atoms with Crippen LogP contribution in [0.2, 0.25) is 0 Å². The van der Waals surface area contributed by atoms with Crippen LogP contribution in [-0.2, 0) is 14.8 Å². The average molecular weight is 333 g/mol. The van der Waals surface area contributed by atoms with Crippen molar-refractivity contribution in [3.05, 3.63) is 12.2 Å². The molecular formula is C16H31NO4S. The van der Waals surface area contributed by atoms with Crippen molar-refractivity contribution in [2.24, 2.45) is 0 Å². The van der Waals surface area contributed by atoms with Crippen LogP contribution in [0.3, 0.4) is 0 Å². The van der Waals surface area contributed by atoms with Gasteiger partial charge in [0.15, 0.2) is 0 Å². The van der Waals surface area contributed by atoms with Crippen molar-refractivity contribution in [1.82, 2.24) is 4.31 Å². The summed E-state index contributed by atoms with van der Waals surface area (Å²) in [5, 5.41) is 0. The fourth-order valence-electron chi connectivity index (χ4n) is 1.98. The SMILES string of the molecule is CCCC/C=C/CC(CC)N(C(=O)OC(C)(C)C)S(C)(=O)=O. The molecule has 0 aliphatic rings. The lowest BCUT2D eigenvalue weighted by Gasteiger charge is -2.30. The van der Waals surface area contributed by atoms with E-state index in [1.165, 1.54) is 0 Å². The normalized spacial score (nSPS) is 14.1. The molecule has 0 heterocycles. The van der Waals surface area contributed by atoms with Crippen molar-refractivity contribution < 1.29 is 17.9 Å². The minimum Gasteiger partial charge on any atom is -0.443 e. The number of sulfonamides is 1. The lowest BCUT2D eigenvalue weighted by Crippen LogP contribution is -2.46. The predicted molar refractivity (Wildman–Crippen MR) is 90.3 cm³/mol. The van der Waals surface area contributed by atoms with Gasteiger partial charge in [0.1, 0.15) is 5.60 Å². The van der Waals surface area contributed by atoms with Crippen molar-refractivity contribution >= 4 is 16.1 Å². The highest BCUT2D eigenvalue weighted by Gasteiger charge is 2.33. The van der Waals surface area contributed by atoms with Crippen LogP contribution >= 0.6 is 0 Å². The van der Waals surface area contributed by atoms with Crippen LogP contribution < -0.4 is 0 Å². The summed E-state index contributed by atoms with van der Waals surface area (Å²) < 4.78 is 30.1. The molecule has 1 amide bonds. The summed E-state index contributed by atoms with van der Waals surface area (Å²) in [6.45, 7) is 9.15. The number of carbonyl (C=O) groups excluding carboxylic acids is 1. The van der Waals surface area contributed by atoms with Crippen LogP contribution in [0.5, 0.6) is 0 Å². The average Bonchev–Trinajstić information content (AvgIpc) is 2.33. The summed E-state index contributed by atoms with van der Waals surface area (Å²) in [4.78, 5) is 12.2. The molecule has 130 valence electrons. The molecule has 1 atom stereocenters. The number of allylic oxidation sites excluding steroid dienone is 1. The van der Waals surface area contributed by atoms with Gasteiger partial charge < -0.3 is 4.74 Å². The van der Waals surface area contributed by atoms with E-state index in [1.807, 2.05) is 19.1 Å². The zero-order chi connectivity index (χ0) is 17.4. The Labute approximate surface area is 135 Å². The summed E-state index contributed by atoms with van der Waals surface area (Å²) in [6.07, 6.45) is 8.48. The fourth-order valence-corrected chi connectivity index (χ4v) is 3.07. The maximum Gasteiger partial charge on any atom is 0.424 e. The van der Waals surface area contributed by atoms with Crippen LogP contribution in [0.25, 0.3) is 0 Å². The molecule has 0 aliphatic heterocycles. The van der Waals surface area contributed by atoms with Gasteiger partial charge in [-0.2, -0.15) is 0 Å². The lowest BCUT2D eigenvalue weighted by atomic mass is 10.1. The second-order valence-corrected chi connectivity index (χ2v) is 8.31. The number of nitrogens with zero attached hydrogens (tertiary/aromatic N) is 1. The van der Waals surface area contributed by atoms with Gasteiger partial charge in [0.25, 0.3) is 0 Å². The van der Waals surface area contributed by atoms with Crippen LogP contribution in [0.4, 0.5) is 4.79 Å². The summed E-state index contributed by atoms with van der Waals surface area (Å²) in [7, 11) is -3.67. The Balaban J connectivity index is 5.06. The Morgan fingerprint density at radius 3 is 2.23 bits per heavy atom. The molecule has 22 heavy (non-hydrogen) atoms. The number of rotatable bonds is 8. The molecule has 0 bridgehead atoms. The summed E-state index contributed by atoms with van der Waals surface area (Å²) in [6, 6.07) is -0.414. The third-order valence-corrected chi connectivity index (χ3v) is 4.19. The summed E-state index contributed by atoms with van der Waals surface area (Å²) in [5.41, 5.74) is -0.727. The second-order valence-electron chi connectivity index (χ2n) is 6.45. The first-order valence-electron chi connectivity index (χ1n) is 7.90. The van der Waals surface area contributed by atoms with Crippen LogP contribution in [0.15, 0.2) is 12.2 Å². The van der Waals surface area contributed by atoms with E-state index < -0.39 is 27.8 Å². The number of hydrogen-bond donors (Lipinski definition) is 0. The van der Waals surface area contributed by atoms with E-state index in [0.29, 0.717) is 12.8 Å². The first-order valence-corrected chi connectivity index (χ1v) is 9.75. The zero-order valence-electron chi connectivity index (χ0n) is 14.8. The third kappa shape index (κ3) is 8.41. The predicted octanol–water partition coefficient (Wildman–Crippen LogP) is 4.10. The Bertz CT molecular complexity index is 463. The van der Waals surface area contributed by atoms with E-state index >= 15 is 0 Å². The van der Waals surface area contributed by atoms with Gasteiger partial charge in [-0.15, -0.1) is 0 Å². The molecule has 0 aromatic carbocycles. The van der Waals surface area contributed by atoms with Gasteiger partial charge in [0.2, 0.25) is 10.0 Å². The van der Waals surface area contributed by atoms with Crippen molar-refractivity contribution in [2.75, 3.05) is 6.26 Å². The molecule has 0 rings (SSSR count). The van der Waals surface area contributed by atoms with Gasteiger partial charge in [-0.3, -0.25) is 0 Å². The summed E-state index contributed by atoms with van der Waals surface area (Å²) in [5.74, 6) is 0. The monoisotopic (exact) mass is 333 g/mol. The molecule has 0 radical (unpaired) electrons. The van der Waals surface area contributed by atoms with E-state index in [9.17, 15) is 13.2 Å². The van der Waals surface area contributed by atoms with Gasteiger partial charge in [0, 0.05) is 0 Å². The van der Waals surface area contributed by atoms with Crippen molar-refractivity contribution in [1.29, 1.82) is 0 Å². The quantitative estimate of drug-likeness (QED) is 0.495. The van der Waals surface area contributed by atoms with Gasteiger partial charge in [-0.1, -0.05) is 38.8 Å². The highest BCUT2D eigenvalue weighted by Crippen LogP contribution is 2.19. The van der Waals surface area contributed by atoms with E-state index in [-0.39, 0.29) is 0 Å². The Morgan fingerprint density at radius 2 is 1.82 bits per heavy atom. The molecule has 0 saturated carbocycles. The topological polar surface area (TPSA) is 63.7 Å². The molecule has 0 N–H and O–H groups in total. The Morgan fingerprint density at radius 1 is 1.23 bits per heavy atom. The minimum atomic E-state index is -3.67. The van der Waals surface area contributed by atoms with E-state index in [2.05, 4.69) is 6.92 Å². The third-order valence-electron chi connectivity index (χ3n) is 3.03. The zero-order valence-corrected chi connectivity index (χ0v) is 15.6. The van der Waals surface area contributed by atoms with Gasteiger partial charge in [0.05, 0.1) is 12.3 Å². The van der Waals surface area contributed by atoms with Crippen molar-refractivity contribution in [3.63, 3.8) is 0 Å². The molecule has 0 spiro atoms. The van der Waals surface area contributed by atoms with Gasteiger partial charge >= 0.3 is 6.09 Å². The number of hydrogen-bond acceptors (Lipinski definition) is 4. The highest BCUT2D eigenvalue weighted by atomic mass is 32.2. The largest absolute Gasteiger partial charge is 0.443 e. The molecule has 5 nitrogen and oxygen atoms in total. The number of ether oxygens (including phenoxy) is 1. The molecule has 0 saturated heterocycles. The lowest BCUT2D eigenvalue weighted by molar-refractivity contribution is 0.0338. The molecular weight excluding hydrogens is 302 g/mol. The number of amides is 1. The minimum absolute atomic E-state index is 0.414. The van der Waals surface area contributed by atoms with Crippen molar-refractivity contribution in [3.8, 4) is 0 Å². The number of unbranched alkanes of at least 4 members (excludes halogenated alkanes) is 2. The highest BCUT2D eigenvalue weighted by molar-refractivity contribution is 7.88. The number of carbonyl (C=O) groups is 1. The molecule has 0 aromatic rings.